The summed E-state index contributed by atoms with van der Waals surface area (Å²) in [4.78, 5) is 11.1. The van der Waals surface area contributed by atoms with Crippen molar-refractivity contribution in [2.24, 2.45) is 5.73 Å². The second kappa shape index (κ2) is 4.75. The second-order valence-electron chi connectivity index (χ2n) is 3.94. The predicted molar refractivity (Wildman–Crippen MR) is 71.2 cm³/mol. The smallest absolute Gasteiger partial charge is 0.248 e. The molecule has 0 aromatic heterocycles. The summed E-state index contributed by atoms with van der Waals surface area (Å²) >= 11 is 0. The summed E-state index contributed by atoms with van der Waals surface area (Å²) in [5.74, 6) is -0.325. The highest BCUT2D eigenvalue weighted by Crippen LogP contribution is 2.28. The van der Waals surface area contributed by atoms with Crippen molar-refractivity contribution in [3.63, 3.8) is 0 Å². The number of primary amides is 1. The number of carbonyl (C=O) groups excluding carboxylic acids is 1. The number of phenols is 1. The van der Waals surface area contributed by atoms with E-state index in [-0.39, 0.29) is 5.75 Å². The van der Waals surface area contributed by atoms with Crippen LogP contribution in [0.5, 0.6) is 5.75 Å². The summed E-state index contributed by atoms with van der Waals surface area (Å²) in [5, 5.41) is 9.77. The molecule has 0 aliphatic heterocycles. The molecule has 3 heteroatoms. The molecule has 1 amide bonds. The van der Waals surface area contributed by atoms with Crippen LogP contribution >= 0.6 is 0 Å². The molecule has 0 unspecified atom stereocenters. The van der Waals surface area contributed by atoms with Crippen LogP contribution in [0.1, 0.15) is 21.5 Å². The van der Waals surface area contributed by atoms with Crippen LogP contribution in [-0.4, -0.2) is 11.0 Å². The molecule has 3 nitrogen and oxygen atoms in total. The zero-order valence-corrected chi connectivity index (χ0v) is 9.76. The SMILES string of the molecule is C=C(c1cccc(C(N)=O)c1)c1ccccc1O. The highest BCUT2D eigenvalue weighted by Gasteiger charge is 2.08. The van der Waals surface area contributed by atoms with Crippen LogP contribution in [0, 0.1) is 0 Å². The third-order valence-electron chi connectivity index (χ3n) is 2.72. The van der Waals surface area contributed by atoms with Gasteiger partial charge in [0.25, 0.3) is 0 Å². The van der Waals surface area contributed by atoms with Crippen LogP contribution < -0.4 is 5.73 Å². The topological polar surface area (TPSA) is 63.3 Å². The Bertz CT molecular complexity index is 617. The number of para-hydroxylation sites is 1. The molecule has 90 valence electrons. The quantitative estimate of drug-likeness (QED) is 0.864. The zero-order chi connectivity index (χ0) is 13.1. The van der Waals surface area contributed by atoms with E-state index in [4.69, 9.17) is 5.73 Å². The Hall–Kier alpha value is -2.55. The molecule has 2 aromatic carbocycles. The van der Waals surface area contributed by atoms with Crippen LogP contribution in [0.25, 0.3) is 5.57 Å². The lowest BCUT2D eigenvalue weighted by atomic mass is 9.97. The monoisotopic (exact) mass is 239 g/mol. The number of nitrogens with two attached hydrogens (primary N) is 1. The number of hydrogen-bond donors (Lipinski definition) is 2. The first-order chi connectivity index (χ1) is 8.59. The first kappa shape index (κ1) is 11.9. The summed E-state index contributed by atoms with van der Waals surface area (Å²) in [7, 11) is 0. The number of rotatable bonds is 3. The highest BCUT2D eigenvalue weighted by molar-refractivity contribution is 5.94. The number of hydrogen-bond acceptors (Lipinski definition) is 2. The number of amides is 1. The van der Waals surface area contributed by atoms with Crippen molar-refractivity contribution in [3.05, 3.63) is 71.8 Å². The maximum atomic E-state index is 11.1. The van der Waals surface area contributed by atoms with Gasteiger partial charge in [0.15, 0.2) is 0 Å². The zero-order valence-electron chi connectivity index (χ0n) is 9.76. The third-order valence-corrected chi connectivity index (χ3v) is 2.72. The van der Waals surface area contributed by atoms with Gasteiger partial charge in [-0.25, -0.2) is 0 Å². The van der Waals surface area contributed by atoms with Crippen molar-refractivity contribution >= 4 is 11.5 Å². The van der Waals surface area contributed by atoms with Gasteiger partial charge in [-0.3, -0.25) is 4.79 Å². The fraction of sp³-hybridized carbons (Fsp3) is 0. The minimum absolute atomic E-state index is 0.159. The lowest BCUT2D eigenvalue weighted by Gasteiger charge is -2.09. The second-order valence-corrected chi connectivity index (χ2v) is 3.94. The molecule has 2 aromatic rings. The minimum atomic E-state index is -0.484. The Morgan fingerprint density at radius 3 is 2.39 bits per heavy atom. The molecule has 0 fully saturated rings. The van der Waals surface area contributed by atoms with E-state index in [1.807, 2.05) is 12.1 Å². The molecular formula is C15H13NO2. The molecule has 18 heavy (non-hydrogen) atoms. The molecule has 0 aliphatic carbocycles. The van der Waals surface area contributed by atoms with E-state index in [9.17, 15) is 9.90 Å². The summed E-state index contributed by atoms with van der Waals surface area (Å²) < 4.78 is 0. The first-order valence-electron chi connectivity index (χ1n) is 5.47. The Morgan fingerprint density at radius 2 is 1.72 bits per heavy atom. The van der Waals surface area contributed by atoms with E-state index in [2.05, 4.69) is 6.58 Å². The number of carbonyl (C=O) groups is 1. The largest absolute Gasteiger partial charge is 0.507 e. The van der Waals surface area contributed by atoms with Crippen molar-refractivity contribution < 1.29 is 9.90 Å². The van der Waals surface area contributed by atoms with Gasteiger partial charge in [-0.05, 0) is 29.3 Å². The standard InChI is InChI=1S/C15H13NO2/c1-10(13-7-2-3-8-14(13)17)11-5-4-6-12(9-11)15(16)18/h2-9,17H,1H2,(H2,16,18). The molecule has 0 bridgehead atoms. The molecule has 2 rings (SSSR count). The maximum absolute atomic E-state index is 11.1. The fourth-order valence-corrected chi connectivity index (χ4v) is 1.74. The maximum Gasteiger partial charge on any atom is 0.248 e. The number of aromatic hydroxyl groups is 1. The average Bonchev–Trinajstić information content (AvgIpc) is 2.38. The highest BCUT2D eigenvalue weighted by atomic mass is 16.3. The first-order valence-corrected chi connectivity index (χ1v) is 5.47. The Kier molecular flexibility index (Phi) is 3.15. The normalized spacial score (nSPS) is 10.0. The van der Waals surface area contributed by atoms with Gasteiger partial charge in [0.2, 0.25) is 5.91 Å². The minimum Gasteiger partial charge on any atom is -0.507 e. The van der Waals surface area contributed by atoms with Gasteiger partial charge in [0, 0.05) is 11.1 Å². The molecule has 3 N–H and O–H groups in total. The summed E-state index contributed by atoms with van der Waals surface area (Å²) in [6.07, 6.45) is 0. The van der Waals surface area contributed by atoms with E-state index >= 15 is 0 Å². The summed E-state index contributed by atoms with van der Waals surface area (Å²) in [6, 6.07) is 13.8. The predicted octanol–water partition coefficient (Wildman–Crippen LogP) is 2.55. The van der Waals surface area contributed by atoms with E-state index in [1.165, 1.54) is 0 Å². The van der Waals surface area contributed by atoms with Crippen molar-refractivity contribution in [3.8, 4) is 5.75 Å². The van der Waals surface area contributed by atoms with Crippen LogP contribution in [0.3, 0.4) is 0 Å². The molecule has 0 atom stereocenters. The van der Waals surface area contributed by atoms with Gasteiger partial charge in [0.1, 0.15) is 5.75 Å². The molecule has 0 spiro atoms. The molecule has 0 aliphatic rings. The van der Waals surface area contributed by atoms with Crippen molar-refractivity contribution in [2.75, 3.05) is 0 Å². The van der Waals surface area contributed by atoms with E-state index in [0.717, 1.165) is 5.56 Å². The molecule has 0 heterocycles. The van der Waals surface area contributed by atoms with Crippen LogP contribution in [0.2, 0.25) is 0 Å². The summed E-state index contributed by atoms with van der Waals surface area (Å²) in [5.41, 5.74) is 7.70. The van der Waals surface area contributed by atoms with Crippen LogP contribution in [0.4, 0.5) is 0 Å². The van der Waals surface area contributed by atoms with Crippen molar-refractivity contribution in [2.45, 2.75) is 0 Å². The Labute approximate surface area is 105 Å². The van der Waals surface area contributed by atoms with Crippen LogP contribution in [-0.2, 0) is 0 Å². The third kappa shape index (κ3) is 2.25. The Morgan fingerprint density at radius 1 is 1.06 bits per heavy atom. The van der Waals surface area contributed by atoms with Gasteiger partial charge >= 0.3 is 0 Å². The molecular weight excluding hydrogens is 226 g/mol. The summed E-state index contributed by atoms with van der Waals surface area (Å²) in [6.45, 7) is 3.94. The van der Waals surface area contributed by atoms with Gasteiger partial charge in [-0.2, -0.15) is 0 Å². The van der Waals surface area contributed by atoms with Gasteiger partial charge in [0.05, 0.1) is 0 Å². The number of benzene rings is 2. The van der Waals surface area contributed by atoms with Gasteiger partial charge in [-0.1, -0.05) is 36.9 Å². The van der Waals surface area contributed by atoms with E-state index in [1.54, 1.807) is 36.4 Å². The lowest BCUT2D eigenvalue weighted by Crippen LogP contribution is -2.10. The molecule has 0 saturated carbocycles. The fourth-order valence-electron chi connectivity index (χ4n) is 1.74. The van der Waals surface area contributed by atoms with E-state index < -0.39 is 5.91 Å². The lowest BCUT2D eigenvalue weighted by molar-refractivity contribution is 0.100. The molecule has 0 saturated heterocycles. The van der Waals surface area contributed by atoms with Crippen LogP contribution in [0.15, 0.2) is 55.1 Å². The Balaban J connectivity index is 2.44. The number of phenolic OH excluding ortho intramolecular Hbond substituents is 1. The van der Waals surface area contributed by atoms with E-state index in [0.29, 0.717) is 16.7 Å². The van der Waals surface area contributed by atoms with Gasteiger partial charge < -0.3 is 10.8 Å². The van der Waals surface area contributed by atoms with Crippen molar-refractivity contribution in [1.29, 1.82) is 0 Å². The molecule has 0 radical (unpaired) electrons. The average molecular weight is 239 g/mol. The van der Waals surface area contributed by atoms with Crippen molar-refractivity contribution in [1.82, 2.24) is 0 Å². The van der Waals surface area contributed by atoms with Gasteiger partial charge in [-0.15, -0.1) is 0 Å².